The van der Waals surface area contributed by atoms with E-state index in [9.17, 15) is 4.79 Å². The van der Waals surface area contributed by atoms with Crippen LogP contribution >= 0.6 is 0 Å². The molecule has 0 aliphatic rings. The molecule has 0 atom stereocenters. The first-order valence-electron chi connectivity index (χ1n) is 10.4. The summed E-state index contributed by atoms with van der Waals surface area (Å²) in [5, 5.41) is 7.25. The minimum atomic E-state index is -0.273. The molecule has 0 unspecified atom stereocenters. The quantitative estimate of drug-likeness (QED) is 0.402. The Bertz CT molecular complexity index is 1190. The van der Waals surface area contributed by atoms with Crippen LogP contribution in [0, 0.1) is 11.8 Å². The second-order valence-corrected chi connectivity index (χ2v) is 7.03. The number of rotatable bonds is 9. The van der Waals surface area contributed by atoms with Gasteiger partial charge in [0.1, 0.15) is 29.5 Å². The Labute approximate surface area is 194 Å². The Hall–Kier alpha value is -4.18. The van der Waals surface area contributed by atoms with E-state index in [2.05, 4.69) is 28.8 Å². The van der Waals surface area contributed by atoms with Crippen LogP contribution in [0.25, 0.3) is 11.3 Å². The number of ether oxygens (including phenoxy) is 3. The van der Waals surface area contributed by atoms with E-state index in [-0.39, 0.29) is 19.1 Å². The zero-order valence-corrected chi connectivity index (χ0v) is 19.1. The van der Waals surface area contributed by atoms with Crippen molar-refractivity contribution in [3.63, 3.8) is 0 Å². The van der Waals surface area contributed by atoms with Crippen LogP contribution in [0.5, 0.6) is 17.2 Å². The number of para-hydroxylation sites is 1. The van der Waals surface area contributed by atoms with Gasteiger partial charge in [-0.15, -0.1) is 6.58 Å². The predicted molar refractivity (Wildman–Crippen MR) is 128 cm³/mol. The highest BCUT2D eigenvalue weighted by molar-refractivity contribution is 5.94. The number of hydrogen-bond acceptors (Lipinski definition) is 5. The molecule has 33 heavy (non-hydrogen) atoms. The van der Waals surface area contributed by atoms with Crippen LogP contribution in [0.15, 0.2) is 61.2 Å². The molecule has 7 heteroatoms. The number of aromatic nitrogens is 2. The summed E-state index contributed by atoms with van der Waals surface area (Å²) in [6, 6.07) is 14.9. The van der Waals surface area contributed by atoms with Crippen LogP contribution in [0.3, 0.4) is 0 Å². The maximum absolute atomic E-state index is 12.6. The van der Waals surface area contributed by atoms with E-state index >= 15 is 0 Å². The van der Waals surface area contributed by atoms with Crippen LogP contribution in [-0.4, -0.2) is 43.1 Å². The Morgan fingerprint density at radius 2 is 1.94 bits per heavy atom. The maximum Gasteiger partial charge on any atom is 0.270 e. The molecule has 170 valence electrons. The number of allylic oxidation sites excluding steroid dienone is 1. The minimum Gasteiger partial charge on any atom is -0.497 e. The van der Waals surface area contributed by atoms with Gasteiger partial charge in [0.2, 0.25) is 0 Å². The average molecular weight is 446 g/mol. The third-order valence-electron chi connectivity index (χ3n) is 4.89. The van der Waals surface area contributed by atoms with Gasteiger partial charge in [-0.1, -0.05) is 36.1 Å². The minimum absolute atomic E-state index is 0.194. The van der Waals surface area contributed by atoms with Gasteiger partial charge in [-0.2, -0.15) is 5.10 Å². The van der Waals surface area contributed by atoms with Crippen LogP contribution in [0.1, 0.15) is 16.1 Å². The van der Waals surface area contributed by atoms with Gasteiger partial charge in [0, 0.05) is 12.6 Å². The van der Waals surface area contributed by atoms with Crippen molar-refractivity contribution in [1.29, 1.82) is 0 Å². The van der Waals surface area contributed by atoms with Crippen molar-refractivity contribution in [2.45, 2.75) is 6.42 Å². The average Bonchev–Trinajstić information content (AvgIpc) is 3.23. The van der Waals surface area contributed by atoms with Gasteiger partial charge in [0.25, 0.3) is 5.91 Å². The van der Waals surface area contributed by atoms with E-state index in [4.69, 9.17) is 14.2 Å². The number of amides is 1. The Balaban J connectivity index is 1.60. The van der Waals surface area contributed by atoms with Crippen LogP contribution in [0.2, 0.25) is 0 Å². The maximum atomic E-state index is 12.6. The monoisotopic (exact) mass is 445 g/mol. The fraction of sp³-hybridized carbons (Fsp3) is 0.231. The lowest BCUT2D eigenvalue weighted by atomic mass is 10.1. The smallest absolute Gasteiger partial charge is 0.270 e. The molecule has 1 amide bonds. The van der Waals surface area contributed by atoms with Crippen molar-refractivity contribution in [3.8, 4) is 40.3 Å². The molecule has 0 radical (unpaired) electrons. The molecule has 0 spiro atoms. The fourth-order valence-corrected chi connectivity index (χ4v) is 3.24. The van der Waals surface area contributed by atoms with Crippen molar-refractivity contribution in [1.82, 2.24) is 15.1 Å². The largest absolute Gasteiger partial charge is 0.497 e. The first-order valence-corrected chi connectivity index (χ1v) is 10.4. The third kappa shape index (κ3) is 5.95. The summed E-state index contributed by atoms with van der Waals surface area (Å²) in [5.41, 5.74) is 2.81. The molecular formula is C26H27N3O4. The lowest BCUT2D eigenvalue weighted by Crippen LogP contribution is -2.25. The van der Waals surface area contributed by atoms with Crippen molar-refractivity contribution in [3.05, 3.63) is 72.4 Å². The van der Waals surface area contributed by atoms with E-state index in [0.29, 0.717) is 22.9 Å². The molecule has 3 rings (SSSR count). The standard InChI is InChI=1S/C26H27N3O4/c1-5-10-19-11-6-7-12-24(19)33-16-9-8-15-27-26(30)23-18-22(28-29(23)2)21-17-20(31-3)13-14-25(21)32-4/h5-7,11-14,17-18H,1,10,15-16H2,2-4H3,(H,27,30). The second-order valence-electron chi connectivity index (χ2n) is 7.03. The summed E-state index contributed by atoms with van der Waals surface area (Å²) in [5.74, 6) is 7.65. The van der Waals surface area contributed by atoms with Gasteiger partial charge in [0.15, 0.2) is 0 Å². The number of nitrogens with zero attached hydrogens (tertiary/aromatic N) is 2. The summed E-state index contributed by atoms with van der Waals surface area (Å²) >= 11 is 0. The van der Waals surface area contributed by atoms with Gasteiger partial charge in [-0.05, 0) is 42.3 Å². The van der Waals surface area contributed by atoms with Gasteiger partial charge in [0.05, 0.1) is 26.5 Å². The number of aryl methyl sites for hydroxylation is 1. The second kappa shape index (κ2) is 11.4. The summed E-state index contributed by atoms with van der Waals surface area (Å²) in [7, 11) is 4.89. The van der Waals surface area contributed by atoms with Gasteiger partial charge < -0.3 is 19.5 Å². The Morgan fingerprint density at radius 1 is 1.12 bits per heavy atom. The molecular weight excluding hydrogens is 418 g/mol. The number of carbonyl (C=O) groups is 1. The van der Waals surface area contributed by atoms with Gasteiger partial charge in [-0.25, -0.2) is 0 Å². The van der Waals surface area contributed by atoms with Crippen molar-refractivity contribution in [2.24, 2.45) is 7.05 Å². The number of methoxy groups -OCH3 is 2. The topological polar surface area (TPSA) is 74.6 Å². The molecule has 0 saturated carbocycles. The van der Waals surface area contributed by atoms with Crippen LogP contribution in [-0.2, 0) is 13.5 Å². The van der Waals surface area contributed by atoms with Gasteiger partial charge in [-0.3, -0.25) is 9.48 Å². The molecule has 3 aromatic rings. The summed E-state index contributed by atoms with van der Waals surface area (Å²) in [6.45, 7) is 4.18. The highest BCUT2D eigenvalue weighted by Crippen LogP contribution is 2.32. The summed E-state index contributed by atoms with van der Waals surface area (Å²) < 4.78 is 18.0. The first-order chi connectivity index (χ1) is 16.1. The fourth-order valence-electron chi connectivity index (χ4n) is 3.24. The van der Waals surface area contributed by atoms with Crippen molar-refractivity contribution in [2.75, 3.05) is 27.4 Å². The van der Waals surface area contributed by atoms with Crippen molar-refractivity contribution >= 4 is 5.91 Å². The number of benzene rings is 2. The molecule has 0 aliphatic carbocycles. The highest BCUT2D eigenvalue weighted by Gasteiger charge is 2.17. The molecule has 0 fully saturated rings. The van der Waals surface area contributed by atoms with E-state index in [1.807, 2.05) is 36.4 Å². The first kappa shape index (κ1) is 23.5. The molecule has 1 N–H and O–H groups in total. The molecule has 0 saturated heterocycles. The molecule has 2 aromatic carbocycles. The van der Waals surface area contributed by atoms with E-state index < -0.39 is 0 Å². The molecule has 1 heterocycles. The summed E-state index contributed by atoms with van der Waals surface area (Å²) in [6.07, 6.45) is 2.56. The lowest BCUT2D eigenvalue weighted by molar-refractivity contribution is 0.0949. The van der Waals surface area contributed by atoms with E-state index in [1.54, 1.807) is 39.5 Å². The molecule has 0 aliphatic heterocycles. The predicted octanol–water partition coefficient (Wildman–Crippen LogP) is 3.65. The van der Waals surface area contributed by atoms with E-state index in [0.717, 1.165) is 23.3 Å². The van der Waals surface area contributed by atoms with Gasteiger partial charge >= 0.3 is 0 Å². The lowest BCUT2D eigenvalue weighted by Gasteiger charge is -2.08. The van der Waals surface area contributed by atoms with Crippen LogP contribution < -0.4 is 19.5 Å². The summed E-state index contributed by atoms with van der Waals surface area (Å²) in [4.78, 5) is 12.6. The number of carbonyl (C=O) groups excluding carboxylic acids is 1. The van der Waals surface area contributed by atoms with Crippen LogP contribution in [0.4, 0.5) is 0 Å². The zero-order valence-electron chi connectivity index (χ0n) is 19.1. The molecule has 7 nitrogen and oxygen atoms in total. The SMILES string of the molecule is C=CCc1ccccc1OCC#CCNC(=O)c1cc(-c2cc(OC)ccc2OC)nn1C. The normalized spacial score (nSPS) is 10.0. The highest BCUT2D eigenvalue weighted by atomic mass is 16.5. The Kier molecular flexibility index (Phi) is 8.14. The zero-order chi connectivity index (χ0) is 23.6. The Morgan fingerprint density at radius 3 is 2.70 bits per heavy atom. The number of nitrogens with one attached hydrogen (secondary N) is 1. The molecule has 1 aromatic heterocycles. The van der Waals surface area contributed by atoms with Crippen molar-refractivity contribution < 1.29 is 19.0 Å². The molecule has 0 bridgehead atoms. The van der Waals surface area contributed by atoms with E-state index in [1.165, 1.54) is 4.68 Å². The number of hydrogen-bond donors (Lipinski definition) is 1. The third-order valence-corrected chi connectivity index (χ3v) is 4.89.